The summed E-state index contributed by atoms with van der Waals surface area (Å²) in [6.07, 6.45) is 0. The first-order valence-corrected chi connectivity index (χ1v) is 44.3. The van der Waals surface area contributed by atoms with Crippen LogP contribution in [-0.2, 0) is 27.1 Å². The highest BCUT2D eigenvalue weighted by Crippen LogP contribution is 2.58. The molecule has 0 atom stereocenters. The number of anilines is 6. The molecular weight excluding hydrogens is 1530 g/mol. The van der Waals surface area contributed by atoms with Crippen LogP contribution in [0.2, 0.25) is 0 Å². The lowest BCUT2D eigenvalue weighted by atomic mass is 9.33. The predicted molar refractivity (Wildman–Crippen MR) is 550 cm³/mol. The maximum Gasteiger partial charge on any atom is 0.252 e. The second kappa shape index (κ2) is 28.3. The zero-order chi connectivity index (χ0) is 99.0. The van der Waals surface area contributed by atoms with E-state index in [-0.39, 0.29) is 101 Å². The van der Waals surface area contributed by atoms with Gasteiger partial charge in [-0.1, -0.05) is 395 Å². The highest BCUT2D eigenvalue weighted by atomic mass is 15.2. The molecule has 21 aromatic rings. The second-order valence-electron chi connectivity index (χ2n) is 40.1. The Morgan fingerprint density at radius 2 is 0.504 bits per heavy atom. The monoisotopic (exact) mass is 1650 g/mol. The average Bonchev–Trinajstić information content (AvgIpc) is 1.66. The molecule has 614 valence electrons. The normalized spacial score (nSPS) is 14.8. The van der Waals surface area contributed by atoms with E-state index in [4.69, 9.17) is 0 Å². The first kappa shape index (κ1) is 63.9. The number of benzene rings is 17. The molecule has 0 bridgehead atoms. The molecule has 2 aliphatic heterocycles. The summed E-state index contributed by atoms with van der Waals surface area (Å²) in [5, 5.41) is 7.59. The summed E-state index contributed by atoms with van der Waals surface area (Å²) in [6, 6.07) is 89.1. The molecule has 127 heavy (non-hydrogen) atoms. The fraction of sp³-hybridized carbons (Fsp3) is 0.164. The van der Waals surface area contributed by atoms with Gasteiger partial charge in [-0.25, -0.2) is 0 Å². The molecule has 0 unspecified atom stereocenters. The van der Waals surface area contributed by atoms with Gasteiger partial charge >= 0.3 is 0 Å². The van der Waals surface area contributed by atoms with Crippen LogP contribution in [0.1, 0.15) is 151 Å². The van der Waals surface area contributed by atoms with E-state index in [0.29, 0.717) is 54.7 Å². The third-order valence-corrected chi connectivity index (χ3v) is 27.1. The number of fused-ring (bicyclic) bond motifs is 24. The van der Waals surface area contributed by atoms with Gasteiger partial charge in [-0.05, 0) is 197 Å². The number of rotatable bonds is 6. The van der Waals surface area contributed by atoms with E-state index in [0.717, 1.165) is 133 Å². The maximum atomic E-state index is 10.6. The van der Waals surface area contributed by atoms with Crippen LogP contribution in [0.3, 0.4) is 0 Å². The van der Waals surface area contributed by atoms with Crippen molar-refractivity contribution < 1.29 is 19.2 Å². The molecule has 0 aliphatic carbocycles. The zero-order valence-electron chi connectivity index (χ0n) is 88.3. The molecule has 0 fully saturated rings. The van der Waals surface area contributed by atoms with Crippen LogP contribution < -0.4 is 26.2 Å². The Morgan fingerprint density at radius 1 is 0.220 bits per heavy atom. The van der Waals surface area contributed by atoms with Gasteiger partial charge < -0.3 is 18.6 Å². The summed E-state index contributed by atoms with van der Waals surface area (Å²) in [5.74, 6) is 0. The van der Waals surface area contributed by atoms with Crippen molar-refractivity contribution in [2.24, 2.45) is 0 Å². The van der Waals surface area contributed by atoms with Crippen molar-refractivity contribution in [3.05, 3.63) is 379 Å². The molecule has 0 amide bonds. The van der Waals surface area contributed by atoms with Crippen molar-refractivity contribution in [3.8, 4) is 44.5 Å². The van der Waals surface area contributed by atoms with E-state index in [2.05, 4.69) is 308 Å². The minimum absolute atomic E-state index is 0.0351. The van der Waals surface area contributed by atoms with Crippen molar-refractivity contribution in [2.45, 2.75) is 131 Å². The molecule has 5 heteroatoms. The van der Waals surface area contributed by atoms with Crippen LogP contribution in [0.4, 0.5) is 34.1 Å². The number of hydrogen-bond donors (Lipinski definition) is 0. The van der Waals surface area contributed by atoms with Crippen LogP contribution in [0.15, 0.2) is 352 Å². The lowest BCUT2D eigenvalue weighted by Gasteiger charge is -2.47. The Bertz CT molecular complexity index is 8750. The Kier molecular flexibility index (Phi) is 14.2. The Balaban J connectivity index is 1.06. The third-order valence-electron chi connectivity index (χ3n) is 27.1. The molecule has 0 saturated heterocycles. The highest BCUT2D eigenvalue weighted by molar-refractivity contribution is 7.00. The van der Waals surface area contributed by atoms with Crippen molar-refractivity contribution in [3.63, 3.8) is 0 Å². The smallest absolute Gasteiger partial charge is 0.252 e. The van der Waals surface area contributed by atoms with Crippen LogP contribution in [0, 0.1) is 0 Å². The van der Waals surface area contributed by atoms with Gasteiger partial charge in [-0.2, -0.15) is 0 Å². The van der Waals surface area contributed by atoms with Crippen LogP contribution in [-0.4, -0.2) is 15.5 Å². The Labute approximate surface area is 764 Å². The number of nitrogens with zero attached hydrogens (tertiary/aromatic N) is 4. The molecule has 17 aromatic carbocycles. The molecule has 0 radical (unpaired) electrons. The summed E-state index contributed by atoms with van der Waals surface area (Å²) in [5.41, 5.74) is 19.0. The topological polar surface area (TPSA) is 15.3 Å². The van der Waals surface area contributed by atoms with E-state index < -0.39 is 71.3 Å². The average molecular weight is 1650 g/mol. The van der Waals surface area contributed by atoms with Gasteiger partial charge in [0.25, 0.3) is 6.71 Å². The van der Waals surface area contributed by atoms with Gasteiger partial charge in [0.2, 0.25) is 0 Å². The number of hydrogen-bond acceptors (Lipinski definition) is 2. The lowest BCUT2D eigenvalue weighted by Crippen LogP contribution is -2.61. The largest absolute Gasteiger partial charge is 0.310 e. The quantitative estimate of drug-likeness (QED) is 0.154. The highest BCUT2D eigenvalue weighted by Gasteiger charge is 2.48. The molecule has 0 saturated carbocycles. The molecular formula is C122H103BN4. The first-order valence-electron chi connectivity index (χ1n) is 51.3. The fourth-order valence-electron chi connectivity index (χ4n) is 20.6. The van der Waals surface area contributed by atoms with Gasteiger partial charge in [0.15, 0.2) is 0 Å². The molecule has 4 nitrogen and oxygen atoms in total. The molecule has 2 aliphatic rings. The standard InChI is InChI=1S/C122H103BN4/c1-118(2,3)78-44-34-42-76(62-78)99-66-80(120(7,8)9)64-97(74-38-18-16-19-39-74)116(99)126-109-72-107-101(89-52-28-24-48-85(89)83-46-22-26-50-87(83)93-56-36-58-95-91-54-30-32-60-105(91)124(107)114(93)95)70-103(109)123-104-71-102-90-53-29-25-49-86(90)84-47-23-27-51-88(84)94-57-37-59-96-92-55-31-33-61-106(92)125(115(94)96)108(102)73-110(104)127(112-69-82(122(13,14)15)68-111(126)113(112)123)117-98(75-40-20-17-21-41-75)65-81(121(10,11)12)67-100(117)77-43-35-45-79(63-77)119(4,5)6/h16-73H,1-15H3/i30D,31D,32D,33D,36D,37D,54D,55D,56D,57D,58D,59D,60D,61D. The van der Waals surface area contributed by atoms with Crippen molar-refractivity contribution in [1.29, 1.82) is 0 Å². The Hall–Kier alpha value is -14.0. The van der Waals surface area contributed by atoms with Crippen LogP contribution in [0.5, 0.6) is 0 Å². The molecule has 4 aromatic heterocycles. The minimum Gasteiger partial charge on any atom is -0.310 e. The van der Waals surface area contributed by atoms with Gasteiger partial charge in [-0.15, -0.1) is 0 Å². The maximum absolute atomic E-state index is 10.6. The zero-order valence-corrected chi connectivity index (χ0v) is 74.3. The predicted octanol–water partition coefficient (Wildman–Crippen LogP) is 32.1. The minimum atomic E-state index is -0.882. The van der Waals surface area contributed by atoms with Crippen LogP contribution >= 0.6 is 0 Å². The molecule has 0 N–H and O–H groups in total. The van der Waals surface area contributed by atoms with Gasteiger partial charge in [0.1, 0.15) is 0 Å². The van der Waals surface area contributed by atoms with E-state index in [1.54, 1.807) is 0 Å². The summed E-state index contributed by atoms with van der Waals surface area (Å²) in [7, 11) is 0. The SMILES string of the molecule is [2H]c1c([2H])c([2H])c2c(c1[2H])c1c([2H])c([2H])c([2H])c3c4ccccc4c4ccccc4c4cc5c(cc4n2c31)N(c1c(-c2ccccc2)cc(C(C)(C)C)cc1-c1cccc(C(C)(C)C)c1)c1cc(C(C)(C)C)cc2c1B5c1cc3c4ccccc4c4ccccc4c4c([2H])c([2H])c([2H])c5c6c([2H])c([2H])c([2H])c([2H])c6n(c3cc1N2c1c(-c2ccccc2)cc(C(C)(C)C)cc1-c1cccc(C(C)(C)C)c1)c45. The van der Waals surface area contributed by atoms with Crippen molar-refractivity contribution in [1.82, 2.24) is 8.80 Å². The van der Waals surface area contributed by atoms with Crippen LogP contribution in [0.25, 0.3) is 164 Å². The van der Waals surface area contributed by atoms with Gasteiger partial charge in [0.05, 0.1) is 63.7 Å². The van der Waals surface area contributed by atoms with Gasteiger partial charge in [-0.3, -0.25) is 0 Å². The van der Waals surface area contributed by atoms with E-state index in [1.807, 2.05) is 81.6 Å². The van der Waals surface area contributed by atoms with E-state index in [9.17, 15) is 19.2 Å². The molecule has 23 rings (SSSR count). The van der Waals surface area contributed by atoms with E-state index >= 15 is 0 Å². The Morgan fingerprint density at radius 3 is 0.850 bits per heavy atom. The van der Waals surface area contributed by atoms with E-state index in [1.165, 1.54) is 0 Å². The third kappa shape index (κ3) is 12.1. The van der Waals surface area contributed by atoms with Crippen molar-refractivity contribution in [2.75, 3.05) is 9.80 Å². The lowest BCUT2D eigenvalue weighted by molar-refractivity contribution is 0.589. The fourth-order valence-corrected chi connectivity index (χ4v) is 20.6. The number of para-hydroxylation sites is 4. The molecule has 0 spiro atoms. The van der Waals surface area contributed by atoms with Gasteiger partial charge in [0, 0.05) is 88.1 Å². The first-order chi connectivity index (χ1) is 67.0. The molecule has 6 heterocycles. The number of aromatic nitrogens is 2. The summed E-state index contributed by atoms with van der Waals surface area (Å²) in [4.78, 5) is 5.01. The van der Waals surface area contributed by atoms with Crippen molar-refractivity contribution >= 4 is 177 Å². The second-order valence-corrected chi connectivity index (χ2v) is 40.1. The summed E-state index contributed by atoms with van der Waals surface area (Å²) < 4.78 is 147. The summed E-state index contributed by atoms with van der Waals surface area (Å²) in [6.45, 7) is 33.0. The summed E-state index contributed by atoms with van der Waals surface area (Å²) >= 11 is 0.